The van der Waals surface area contributed by atoms with Crippen molar-refractivity contribution < 1.29 is 19.2 Å². The Hall–Kier alpha value is 4.51. The van der Waals surface area contributed by atoms with E-state index in [9.17, 15) is 0 Å². The predicted octanol–water partition coefficient (Wildman–Crippen LogP) is -2.34. The Labute approximate surface area is 193 Å². The summed E-state index contributed by atoms with van der Waals surface area (Å²) in [5.74, 6) is 0. The van der Waals surface area contributed by atoms with Crippen LogP contribution in [0.2, 0.25) is 0 Å². The van der Waals surface area contributed by atoms with Crippen molar-refractivity contribution in [2.45, 2.75) is 6.92 Å². The van der Waals surface area contributed by atoms with Crippen molar-refractivity contribution in [2.75, 3.05) is 0 Å². The second-order valence-corrected chi connectivity index (χ2v) is 1.76. The first-order chi connectivity index (χ1) is 3.41. The maximum atomic E-state index is 8.88. The van der Waals surface area contributed by atoms with Crippen LogP contribution >= 0.6 is 7.82 Å². The van der Waals surface area contributed by atoms with Crippen LogP contribution in [0, 0.1) is 11.3 Å². The van der Waals surface area contributed by atoms with Crippen LogP contribution in [0.4, 0.5) is 0 Å². The van der Waals surface area contributed by atoms with E-state index in [-0.39, 0.29) is 154 Å². The van der Waals surface area contributed by atoms with Gasteiger partial charge in [-0.3, -0.25) is 0 Å². The third-order valence-electron chi connectivity index (χ3n) is 0. The van der Waals surface area contributed by atoms with Crippen molar-refractivity contribution in [2.24, 2.45) is 0 Å². The van der Waals surface area contributed by atoms with Gasteiger partial charge in [-0.2, -0.15) is 5.26 Å². The van der Waals surface area contributed by atoms with Crippen LogP contribution in [0.25, 0.3) is 0 Å². The van der Waals surface area contributed by atoms with Gasteiger partial charge >= 0.3 is 162 Å². The van der Waals surface area contributed by atoms with Gasteiger partial charge in [-0.05, 0) is 0 Å². The van der Waals surface area contributed by atoms with Crippen LogP contribution in [0.15, 0.2) is 0 Å². The van der Waals surface area contributed by atoms with E-state index in [1.54, 1.807) is 6.07 Å². The monoisotopic (exact) mass is 259 g/mol. The van der Waals surface area contributed by atoms with Gasteiger partial charge in [-0.25, -0.2) is 4.57 Å². The third kappa shape index (κ3) is 112. The van der Waals surface area contributed by atoms with E-state index in [1.165, 1.54) is 6.92 Å². The number of nitriles is 1. The van der Waals surface area contributed by atoms with Crippen molar-refractivity contribution in [3.63, 3.8) is 0 Å². The van der Waals surface area contributed by atoms with Gasteiger partial charge in [-0.1, -0.05) is 0 Å². The van der Waals surface area contributed by atoms with Gasteiger partial charge in [-0.15, -0.1) is 0 Å². The summed E-state index contributed by atoms with van der Waals surface area (Å²) in [5.41, 5.74) is 0. The molecule has 3 N–H and O–H groups in total. The fourth-order valence-electron chi connectivity index (χ4n) is 0. The number of rotatable bonds is 0. The van der Waals surface area contributed by atoms with Gasteiger partial charge in [0, 0.05) is 6.92 Å². The summed E-state index contributed by atoms with van der Waals surface area (Å²) < 4.78 is 8.88. The quantitative estimate of drug-likeness (QED) is 0.334. The van der Waals surface area contributed by atoms with Crippen molar-refractivity contribution in [3.8, 4) is 6.07 Å². The molecule has 0 aromatic heterocycles. The van der Waals surface area contributed by atoms with Gasteiger partial charge in [0.15, 0.2) is 0 Å². The van der Waals surface area contributed by atoms with Crippen LogP contribution in [0.3, 0.4) is 0 Å². The van der Waals surface area contributed by atoms with Gasteiger partial charge < -0.3 is 14.7 Å². The molecule has 0 bridgehead atoms. The Kier molecular flexibility index (Phi) is 53.7. The van der Waals surface area contributed by atoms with Crippen molar-refractivity contribution in [1.29, 1.82) is 5.26 Å². The van der Waals surface area contributed by atoms with Crippen LogP contribution in [0.1, 0.15) is 6.92 Å². The summed E-state index contributed by atoms with van der Waals surface area (Å²) in [7, 11) is -4.64. The predicted molar refractivity (Wildman–Crippen MR) is 47.0 cm³/mol. The fraction of sp³-hybridized carbons (Fsp3) is 0.500. The van der Waals surface area contributed by atoms with Crippen LogP contribution in [-0.4, -0.2) is 169 Å². The Morgan fingerprint density at radius 2 is 1.18 bits per heavy atom. The Morgan fingerprint density at radius 3 is 1.18 bits per heavy atom. The number of nitrogens with zero attached hydrogens (tertiary/aromatic N) is 1. The zero-order valence-corrected chi connectivity index (χ0v) is 5.04. The summed E-state index contributed by atoms with van der Waals surface area (Å²) in [6, 6.07) is 1.75. The van der Waals surface area contributed by atoms with E-state index in [0.717, 1.165) is 0 Å². The summed E-state index contributed by atoms with van der Waals surface area (Å²) in [6.07, 6.45) is 0. The number of hydrogen-bond acceptors (Lipinski definition) is 2. The standard InChI is InChI=1S/C2H3N.3K.H3O4P.3H/c1-2-3;;;;1-5(2,3)4;;;/h1H3;;;;(H3,1,2,3,4);;;. The molecule has 0 aliphatic heterocycles. The molecule has 0 amide bonds. The molecule has 0 unspecified atom stereocenters. The molecular formula is C2H9K3NO4P. The molecule has 0 heterocycles. The molecule has 0 aliphatic rings. The average Bonchev–Trinajstić information content (AvgIpc) is 1.27. The molecule has 0 aromatic rings. The summed E-state index contributed by atoms with van der Waals surface area (Å²) >= 11 is 0. The minimum absolute atomic E-state index is 0. The molecule has 9 heteroatoms. The van der Waals surface area contributed by atoms with Crippen molar-refractivity contribution in [3.05, 3.63) is 0 Å². The zero-order valence-electron chi connectivity index (χ0n) is 4.14. The Bertz CT molecular complexity index is 122. The Morgan fingerprint density at radius 1 is 1.18 bits per heavy atom. The number of hydrogen-bond donors (Lipinski definition) is 3. The van der Waals surface area contributed by atoms with Gasteiger partial charge in [0.2, 0.25) is 0 Å². The molecule has 54 valence electrons. The van der Waals surface area contributed by atoms with Gasteiger partial charge in [0.05, 0.1) is 6.07 Å². The van der Waals surface area contributed by atoms with E-state index in [4.69, 9.17) is 24.5 Å². The van der Waals surface area contributed by atoms with Crippen LogP contribution in [0.5, 0.6) is 0 Å². The molecule has 0 saturated heterocycles. The van der Waals surface area contributed by atoms with E-state index < -0.39 is 7.82 Å². The first kappa shape index (κ1) is 29.6. The van der Waals surface area contributed by atoms with E-state index in [1.807, 2.05) is 0 Å². The van der Waals surface area contributed by atoms with Crippen LogP contribution in [-0.2, 0) is 4.57 Å². The minimum atomic E-state index is -4.64. The van der Waals surface area contributed by atoms with Gasteiger partial charge in [0.1, 0.15) is 0 Å². The van der Waals surface area contributed by atoms with Crippen molar-refractivity contribution >= 4 is 162 Å². The van der Waals surface area contributed by atoms with Gasteiger partial charge in [0.25, 0.3) is 0 Å². The topological polar surface area (TPSA) is 102 Å². The first-order valence-electron chi connectivity index (χ1n) is 1.51. The molecule has 0 rings (SSSR count). The molecule has 0 aliphatic carbocycles. The number of phosphoric acid groups is 1. The van der Waals surface area contributed by atoms with E-state index >= 15 is 0 Å². The third-order valence-corrected chi connectivity index (χ3v) is 0. The van der Waals surface area contributed by atoms with E-state index in [2.05, 4.69) is 0 Å². The van der Waals surface area contributed by atoms with Crippen molar-refractivity contribution in [1.82, 2.24) is 0 Å². The SMILES string of the molecule is CC#N.O=P(O)(O)O.[KH].[KH].[KH]. The molecule has 0 fully saturated rings. The molecular weight excluding hydrogens is 250 g/mol. The second-order valence-electron chi connectivity index (χ2n) is 0.737. The second kappa shape index (κ2) is 20.0. The molecule has 11 heavy (non-hydrogen) atoms. The zero-order chi connectivity index (χ0) is 7.21. The molecule has 5 nitrogen and oxygen atoms in total. The molecule has 0 spiro atoms. The Balaban J connectivity index is -0.0000000183. The maximum absolute atomic E-state index is 8.88. The summed E-state index contributed by atoms with van der Waals surface area (Å²) in [4.78, 5) is 21.6. The first-order valence-corrected chi connectivity index (χ1v) is 3.07. The molecule has 0 atom stereocenters. The van der Waals surface area contributed by atoms with Crippen LogP contribution < -0.4 is 0 Å². The normalized spacial score (nSPS) is 6.09. The molecule has 0 saturated carbocycles. The summed E-state index contributed by atoms with van der Waals surface area (Å²) in [5, 5.41) is 7.32. The molecule has 0 radical (unpaired) electrons. The average molecular weight is 259 g/mol. The van der Waals surface area contributed by atoms with E-state index in [0.29, 0.717) is 0 Å². The fourth-order valence-corrected chi connectivity index (χ4v) is 0. The summed E-state index contributed by atoms with van der Waals surface area (Å²) in [6.45, 7) is 1.43. The molecule has 0 aromatic carbocycles.